The van der Waals surface area contributed by atoms with Gasteiger partial charge in [0.05, 0.1) is 12.7 Å². The van der Waals surface area contributed by atoms with Crippen LogP contribution in [0.2, 0.25) is 0 Å². The summed E-state index contributed by atoms with van der Waals surface area (Å²) in [5.41, 5.74) is 1.79. The highest BCUT2D eigenvalue weighted by atomic mass is 19.1. The lowest BCUT2D eigenvalue weighted by Crippen LogP contribution is -2.36. The van der Waals surface area contributed by atoms with Crippen molar-refractivity contribution in [3.8, 4) is 17.0 Å². The van der Waals surface area contributed by atoms with E-state index in [1.54, 1.807) is 28.4 Å². The molecule has 4 aromatic rings. The number of halogens is 1. The van der Waals surface area contributed by atoms with Gasteiger partial charge in [-0.1, -0.05) is 0 Å². The maximum Gasteiger partial charge on any atom is 0.244 e. The molecular weight excluding hydrogens is 387 g/mol. The zero-order valence-electron chi connectivity index (χ0n) is 16.8. The van der Waals surface area contributed by atoms with Gasteiger partial charge in [-0.05, 0) is 44.7 Å². The predicted molar refractivity (Wildman–Crippen MR) is 110 cm³/mol. The number of anilines is 1. The van der Waals surface area contributed by atoms with Crippen molar-refractivity contribution in [2.75, 3.05) is 12.4 Å². The number of fused-ring (bicyclic) bond motifs is 2. The van der Waals surface area contributed by atoms with Crippen LogP contribution in [0.15, 0.2) is 36.9 Å². The highest BCUT2D eigenvalue weighted by molar-refractivity contribution is 5.84. The van der Waals surface area contributed by atoms with Gasteiger partial charge in [-0.2, -0.15) is 4.98 Å². The molecule has 1 aliphatic rings. The first-order chi connectivity index (χ1) is 14.4. The van der Waals surface area contributed by atoms with Gasteiger partial charge in [0.25, 0.3) is 0 Å². The fraction of sp³-hybridized carbons (Fsp3) is 0.381. The van der Waals surface area contributed by atoms with Crippen LogP contribution in [-0.4, -0.2) is 47.8 Å². The summed E-state index contributed by atoms with van der Waals surface area (Å²) >= 11 is 0. The third-order valence-corrected chi connectivity index (χ3v) is 5.82. The Labute approximate surface area is 172 Å². The van der Waals surface area contributed by atoms with E-state index in [-0.39, 0.29) is 11.7 Å². The second-order valence-corrected chi connectivity index (χ2v) is 8.12. The van der Waals surface area contributed by atoms with Crippen LogP contribution in [0.3, 0.4) is 0 Å². The average Bonchev–Trinajstić information content (AvgIpc) is 3.36. The van der Waals surface area contributed by atoms with Gasteiger partial charge in [-0.15, -0.1) is 5.10 Å². The average molecular weight is 410 g/mol. The number of rotatable bonds is 4. The number of pyridine rings is 1. The summed E-state index contributed by atoms with van der Waals surface area (Å²) in [7, 11) is 1.56. The Morgan fingerprint density at radius 1 is 1.30 bits per heavy atom. The molecule has 9 heteroatoms. The van der Waals surface area contributed by atoms with Gasteiger partial charge in [-0.25, -0.2) is 13.9 Å². The van der Waals surface area contributed by atoms with Gasteiger partial charge in [0.1, 0.15) is 5.52 Å². The Bertz CT molecular complexity index is 1220. The first kappa shape index (κ1) is 18.8. The number of nitrogens with one attached hydrogen (secondary N) is 1. The van der Waals surface area contributed by atoms with Crippen LogP contribution in [0.1, 0.15) is 32.6 Å². The molecule has 156 valence electrons. The Balaban J connectivity index is 1.51. The Morgan fingerprint density at radius 2 is 2.10 bits per heavy atom. The number of methoxy groups -OCH3 is 1. The van der Waals surface area contributed by atoms with Gasteiger partial charge >= 0.3 is 0 Å². The largest absolute Gasteiger partial charge is 0.479 e. The Morgan fingerprint density at radius 3 is 2.87 bits per heavy atom. The molecule has 0 bridgehead atoms. The topological polar surface area (TPSA) is 89.0 Å². The second kappa shape index (κ2) is 6.94. The number of hydrogen-bond donors (Lipinski definition) is 2. The van der Waals surface area contributed by atoms with Crippen molar-refractivity contribution in [2.45, 2.75) is 44.2 Å². The summed E-state index contributed by atoms with van der Waals surface area (Å²) in [5, 5.41) is 18.1. The van der Waals surface area contributed by atoms with E-state index in [1.165, 1.54) is 6.07 Å². The van der Waals surface area contributed by atoms with Crippen molar-refractivity contribution < 1.29 is 14.2 Å². The summed E-state index contributed by atoms with van der Waals surface area (Å²) in [5.74, 6) is 0.467. The van der Waals surface area contributed by atoms with Gasteiger partial charge in [0.15, 0.2) is 11.5 Å². The number of aliphatic hydroxyl groups is 1. The zero-order chi connectivity index (χ0) is 20.9. The maximum atomic E-state index is 14.5. The van der Waals surface area contributed by atoms with Crippen LogP contribution in [0, 0.1) is 5.82 Å². The summed E-state index contributed by atoms with van der Waals surface area (Å²) in [4.78, 5) is 8.56. The van der Waals surface area contributed by atoms with Crippen molar-refractivity contribution in [2.24, 2.45) is 0 Å². The third kappa shape index (κ3) is 3.24. The summed E-state index contributed by atoms with van der Waals surface area (Å²) in [6.07, 6.45) is 10.1. The van der Waals surface area contributed by atoms with Crippen molar-refractivity contribution >= 4 is 17.1 Å². The zero-order valence-corrected chi connectivity index (χ0v) is 16.8. The Hall–Kier alpha value is -3.20. The number of hydrogen-bond acceptors (Lipinski definition) is 6. The third-order valence-electron chi connectivity index (χ3n) is 5.82. The van der Waals surface area contributed by atoms with Crippen molar-refractivity contribution in [3.63, 3.8) is 0 Å². The van der Waals surface area contributed by atoms with E-state index in [9.17, 15) is 9.50 Å². The van der Waals surface area contributed by atoms with Crippen LogP contribution in [-0.2, 0) is 0 Å². The van der Waals surface area contributed by atoms with E-state index >= 15 is 0 Å². The van der Waals surface area contributed by atoms with Gasteiger partial charge < -0.3 is 19.6 Å². The molecule has 0 saturated heterocycles. The van der Waals surface area contributed by atoms with Crippen LogP contribution in [0.4, 0.5) is 10.3 Å². The molecule has 0 aliphatic heterocycles. The van der Waals surface area contributed by atoms with Crippen molar-refractivity contribution in [1.29, 1.82) is 0 Å². The molecule has 5 rings (SSSR count). The van der Waals surface area contributed by atoms with Crippen LogP contribution in [0.25, 0.3) is 22.3 Å². The minimum absolute atomic E-state index is 0.195. The van der Waals surface area contributed by atoms with E-state index in [0.29, 0.717) is 22.9 Å². The molecule has 8 nitrogen and oxygen atoms in total. The molecular formula is C21H23FN6O2. The van der Waals surface area contributed by atoms with Crippen LogP contribution in [0.5, 0.6) is 5.88 Å². The van der Waals surface area contributed by atoms with E-state index in [2.05, 4.69) is 20.4 Å². The molecule has 0 radical (unpaired) electrons. The highest BCUT2D eigenvalue weighted by Crippen LogP contribution is 2.33. The van der Waals surface area contributed by atoms with Crippen LogP contribution >= 0.6 is 0 Å². The Kier molecular flexibility index (Phi) is 4.35. The number of imidazole rings is 1. The summed E-state index contributed by atoms with van der Waals surface area (Å²) < 4.78 is 23.3. The number of nitrogens with zero attached hydrogens (tertiary/aromatic N) is 5. The molecule has 30 heavy (non-hydrogen) atoms. The smallest absolute Gasteiger partial charge is 0.244 e. The fourth-order valence-corrected chi connectivity index (χ4v) is 4.13. The second-order valence-electron chi connectivity index (χ2n) is 8.12. The van der Waals surface area contributed by atoms with Gasteiger partial charge in [0, 0.05) is 42.0 Å². The molecule has 0 aromatic carbocycles. The van der Waals surface area contributed by atoms with E-state index in [1.807, 2.05) is 25.4 Å². The molecule has 1 fully saturated rings. The monoisotopic (exact) mass is 410 g/mol. The van der Waals surface area contributed by atoms with Crippen LogP contribution < -0.4 is 10.1 Å². The van der Waals surface area contributed by atoms with E-state index < -0.39 is 11.4 Å². The first-order valence-corrected chi connectivity index (χ1v) is 9.98. The molecule has 1 aliphatic carbocycles. The lowest BCUT2D eigenvalue weighted by atomic mass is 9.84. The maximum absolute atomic E-state index is 14.5. The molecule has 1 saturated carbocycles. The fourth-order valence-electron chi connectivity index (χ4n) is 4.13. The quantitative estimate of drug-likeness (QED) is 0.537. The molecule has 4 heterocycles. The normalized spacial score (nSPS) is 21.9. The SMILES string of the molecule is COc1nc(N[C@H]2CC[C@](C)(O)CC2)nn2ccc(-c3cc(F)c4nccn4c3)c12. The van der Waals surface area contributed by atoms with E-state index in [0.717, 1.165) is 31.2 Å². The minimum Gasteiger partial charge on any atom is -0.479 e. The summed E-state index contributed by atoms with van der Waals surface area (Å²) in [6, 6.07) is 3.52. The minimum atomic E-state index is -0.596. The lowest BCUT2D eigenvalue weighted by molar-refractivity contribution is 0.0195. The van der Waals surface area contributed by atoms with Gasteiger partial charge in [-0.3, -0.25) is 0 Å². The van der Waals surface area contributed by atoms with E-state index in [4.69, 9.17) is 4.74 Å². The van der Waals surface area contributed by atoms with Gasteiger partial charge in [0.2, 0.25) is 11.8 Å². The highest BCUT2D eigenvalue weighted by Gasteiger charge is 2.29. The molecule has 0 spiro atoms. The lowest BCUT2D eigenvalue weighted by Gasteiger charge is -2.33. The molecule has 4 aromatic heterocycles. The van der Waals surface area contributed by atoms with Crippen molar-refractivity contribution in [1.82, 2.24) is 24.0 Å². The van der Waals surface area contributed by atoms with Crippen molar-refractivity contribution in [3.05, 3.63) is 42.7 Å². The molecule has 0 amide bonds. The molecule has 0 unspecified atom stereocenters. The first-order valence-electron chi connectivity index (χ1n) is 9.98. The molecule has 0 atom stereocenters. The predicted octanol–water partition coefficient (Wildman–Crippen LogP) is 3.30. The molecule has 2 N–H and O–H groups in total. The number of ether oxygens (including phenoxy) is 1. The summed E-state index contributed by atoms with van der Waals surface area (Å²) in [6.45, 7) is 1.88. The number of aromatic nitrogens is 5. The standard InChI is InChI=1S/C21H23FN6O2/c1-21(29)6-3-14(4-7-21)24-20-25-19(30-2)17-15(5-9-28(17)26-20)13-11-16(22)18-23-8-10-27(18)12-13/h5,8-12,14,29H,3-4,6-7H2,1-2H3,(H,24,26)/t14-,21-.